The van der Waals surface area contributed by atoms with Crippen LogP contribution in [0.25, 0.3) is 0 Å². The molecule has 1 aromatic carbocycles. The molecule has 1 amide bonds. The number of benzene rings is 1. The fourth-order valence-corrected chi connectivity index (χ4v) is 3.27. The quantitative estimate of drug-likeness (QED) is 0.667. The zero-order chi connectivity index (χ0) is 20.0. The fraction of sp³-hybridized carbons (Fsp3) is 0.435. The van der Waals surface area contributed by atoms with Gasteiger partial charge < -0.3 is 10.6 Å². The van der Waals surface area contributed by atoms with E-state index in [-0.39, 0.29) is 11.3 Å². The highest BCUT2D eigenvalue weighted by atomic mass is 16.1. The number of hydrogen-bond donors (Lipinski definition) is 2. The minimum absolute atomic E-state index is 0.0877. The maximum atomic E-state index is 12.4. The van der Waals surface area contributed by atoms with E-state index in [4.69, 9.17) is 0 Å². The van der Waals surface area contributed by atoms with Crippen molar-refractivity contribution in [3.05, 3.63) is 59.6 Å². The van der Waals surface area contributed by atoms with Gasteiger partial charge in [0.25, 0.3) is 5.91 Å². The zero-order valence-corrected chi connectivity index (χ0v) is 17.1. The predicted molar refractivity (Wildman–Crippen MR) is 115 cm³/mol. The molecule has 1 heterocycles. The second kappa shape index (κ2) is 9.00. The van der Waals surface area contributed by atoms with Crippen LogP contribution in [0.3, 0.4) is 0 Å². The molecule has 0 fully saturated rings. The number of nitrogens with zero attached hydrogens (tertiary/aromatic N) is 2. The van der Waals surface area contributed by atoms with Crippen LogP contribution in [0.4, 0.5) is 11.5 Å². The lowest BCUT2D eigenvalue weighted by molar-refractivity contribution is 0.102. The monoisotopic (exact) mass is 378 g/mol. The summed E-state index contributed by atoms with van der Waals surface area (Å²) in [6, 6.07) is 7.91. The van der Waals surface area contributed by atoms with Gasteiger partial charge in [-0.25, -0.2) is 9.97 Å². The Morgan fingerprint density at radius 3 is 2.46 bits per heavy atom. The third kappa shape index (κ3) is 5.65. The molecule has 148 valence electrons. The molecule has 1 aromatic heterocycles. The van der Waals surface area contributed by atoms with Gasteiger partial charge in [0.2, 0.25) is 0 Å². The number of anilines is 2. The van der Waals surface area contributed by atoms with Gasteiger partial charge >= 0.3 is 0 Å². The van der Waals surface area contributed by atoms with E-state index in [1.165, 1.54) is 43.0 Å². The van der Waals surface area contributed by atoms with Crippen molar-refractivity contribution >= 4 is 17.4 Å². The molecule has 0 spiro atoms. The van der Waals surface area contributed by atoms with Gasteiger partial charge in [-0.15, -0.1) is 0 Å². The maximum Gasteiger partial charge on any atom is 0.275 e. The molecule has 0 unspecified atom stereocenters. The van der Waals surface area contributed by atoms with E-state index in [1.54, 1.807) is 6.20 Å². The molecule has 0 atom stereocenters. The second-order valence-corrected chi connectivity index (χ2v) is 8.35. The number of amides is 1. The standard InChI is InChI=1S/C23H30N4O/c1-23(2,3)18-9-11-19(12-10-18)27-22(28)20-15-26-21(16-25-20)24-14-13-17-7-5-4-6-8-17/h7,9-12,15-16H,4-6,8,13-14H2,1-3H3,(H,24,26)(H,27,28). The topological polar surface area (TPSA) is 66.9 Å². The highest BCUT2D eigenvalue weighted by Gasteiger charge is 2.14. The van der Waals surface area contributed by atoms with Gasteiger partial charge in [-0.3, -0.25) is 4.79 Å². The Bertz CT molecular complexity index is 817. The van der Waals surface area contributed by atoms with E-state index < -0.39 is 0 Å². The average Bonchev–Trinajstić information content (AvgIpc) is 2.69. The van der Waals surface area contributed by atoms with Crippen molar-refractivity contribution in [1.82, 2.24) is 9.97 Å². The van der Waals surface area contributed by atoms with E-state index in [9.17, 15) is 4.79 Å². The van der Waals surface area contributed by atoms with Gasteiger partial charge in [-0.1, -0.05) is 44.6 Å². The molecule has 28 heavy (non-hydrogen) atoms. The van der Waals surface area contributed by atoms with Crippen molar-refractivity contribution < 1.29 is 4.79 Å². The van der Waals surface area contributed by atoms with E-state index in [0.717, 1.165) is 18.7 Å². The summed E-state index contributed by atoms with van der Waals surface area (Å²) in [5, 5.41) is 6.16. The molecule has 0 aliphatic heterocycles. The van der Waals surface area contributed by atoms with Crippen molar-refractivity contribution in [1.29, 1.82) is 0 Å². The molecule has 0 saturated carbocycles. The maximum absolute atomic E-state index is 12.4. The Morgan fingerprint density at radius 2 is 1.86 bits per heavy atom. The van der Waals surface area contributed by atoms with Gasteiger partial charge in [0, 0.05) is 12.2 Å². The molecule has 3 rings (SSSR count). The Labute approximate surface area is 167 Å². The Hall–Kier alpha value is -2.69. The second-order valence-electron chi connectivity index (χ2n) is 8.35. The first-order valence-corrected chi connectivity index (χ1v) is 10.1. The summed E-state index contributed by atoms with van der Waals surface area (Å²) in [6.45, 7) is 7.33. The highest BCUT2D eigenvalue weighted by Crippen LogP contribution is 2.23. The van der Waals surface area contributed by atoms with Crippen molar-refractivity contribution in [3.8, 4) is 0 Å². The summed E-state index contributed by atoms with van der Waals surface area (Å²) < 4.78 is 0. The zero-order valence-electron chi connectivity index (χ0n) is 17.1. The first kappa shape index (κ1) is 20.1. The summed E-state index contributed by atoms with van der Waals surface area (Å²) in [4.78, 5) is 20.9. The highest BCUT2D eigenvalue weighted by molar-refractivity contribution is 6.02. The summed E-state index contributed by atoms with van der Waals surface area (Å²) >= 11 is 0. The molecule has 5 nitrogen and oxygen atoms in total. The van der Waals surface area contributed by atoms with Gasteiger partial charge in [0.15, 0.2) is 0 Å². The smallest absolute Gasteiger partial charge is 0.275 e. The number of aromatic nitrogens is 2. The third-order valence-electron chi connectivity index (χ3n) is 5.03. The average molecular weight is 379 g/mol. The van der Waals surface area contributed by atoms with E-state index in [0.29, 0.717) is 11.5 Å². The summed E-state index contributed by atoms with van der Waals surface area (Å²) in [5.41, 5.74) is 3.90. The van der Waals surface area contributed by atoms with Gasteiger partial charge in [-0.2, -0.15) is 0 Å². The Balaban J connectivity index is 1.51. The number of carbonyl (C=O) groups excluding carboxylic acids is 1. The minimum atomic E-state index is -0.255. The van der Waals surface area contributed by atoms with Crippen LogP contribution in [0.5, 0.6) is 0 Å². The van der Waals surface area contributed by atoms with E-state index in [2.05, 4.69) is 47.4 Å². The molecule has 2 N–H and O–H groups in total. The lowest BCUT2D eigenvalue weighted by Crippen LogP contribution is -2.15. The van der Waals surface area contributed by atoms with Crippen LogP contribution in [0.2, 0.25) is 0 Å². The van der Waals surface area contributed by atoms with Crippen molar-refractivity contribution in [2.75, 3.05) is 17.2 Å². The summed E-state index contributed by atoms with van der Waals surface area (Å²) in [5.74, 6) is 0.442. The number of carbonyl (C=O) groups is 1. The Morgan fingerprint density at radius 1 is 1.07 bits per heavy atom. The lowest BCUT2D eigenvalue weighted by atomic mass is 9.87. The minimum Gasteiger partial charge on any atom is -0.368 e. The summed E-state index contributed by atoms with van der Waals surface area (Å²) in [7, 11) is 0. The fourth-order valence-electron chi connectivity index (χ4n) is 3.27. The van der Waals surface area contributed by atoms with E-state index in [1.807, 2.05) is 24.3 Å². The Kier molecular flexibility index (Phi) is 6.45. The van der Waals surface area contributed by atoms with Crippen molar-refractivity contribution in [2.45, 2.75) is 58.3 Å². The first-order chi connectivity index (χ1) is 13.4. The van der Waals surface area contributed by atoms with Crippen LogP contribution in [0, 0.1) is 0 Å². The molecule has 2 aromatic rings. The van der Waals surface area contributed by atoms with Crippen LogP contribution >= 0.6 is 0 Å². The largest absolute Gasteiger partial charge is 0.368 e. The number of nitrogens with one attached hydrogen (secondary N) is 2. The molecular weight excluding hydrogens is 348 g/mol. The predicted octanol–water partition coefficient (Wildman–Crippen LogP) is 5.33. The number of allylic oxidation sites excluding steroid dienone is 1. The van der Waals surface area contributed by atoms with Gasteiger partial charge in [0.1, 0.15) is 11.5 Å². The first-order valence-electron chi connectivity index (χ1n) is 10.1. The third-order valence-corrected chi connectivity index (χ3v) is 5.03. The van der Waals surface area contributed by atoms with Crippen molar-refractivity contribution in [2.24, 2.45) is 0 Å². The van der Waals surface area contributed by atoms with Crippen LogP contribution in [-0.2, 0) is 5.41 Å². The van der Waals surface area contributed by atoms with E-state index >= 15 is 0 Å². The molecule has 1 aliphatic rings. The molecule has 0 radical (unpaired) electrons. The van der Waals surface area contributed by atoms with Gasteiger partial charge in [0.05, 0.1) is 12.4 Å². The number of hydrogen-bond acceptors (Lipinski definition) is 4. The van der Waals surface area contributed by atoms with Crippen LogP contribution in [0.1, 0.15) is 68.9 Å². The van der Waals surface area contributed by atoms with Crippen molar-refractivity contribution in [3.63, 3.8) is 0 Å². The van der Waals surface area contributed by atoms with Crippen LogP contribution < -0.4 is 10.6 Å². The normalized spacial score (nSPS) is 14.3. The van der Waals surface area contributed by atoms with Gasteiger partial charge in [-0.05, 0) is 55.2 Å². The number of rotatable bonds is 6. The van der Waals surface area contributed by atoms with Crippen LogP contribution in [-0.4, -0.2) is 22.4 Å². The lowest BCUT2D eigenvalue weighted by Gasteiger charge is -2.19. The molecule has 0 bridgehead atoms. The molecule has 1 aliphatic carbocycles. The van der Waals surface area contributed by atoms with Crippen LogP contribution in [0.15, 0.2) is 48.3 Å². The SMILES string of the molecule is CC(C)(C)c1ccc(NC(=O)c2cnc(NCCC3=CCCCC3)cn2)cc1. The summed E-state index contributed by atoms with van der Waals surface area (Å²) in [6.07, 6.45) is 11.6. The molecule has 5 heteroatoms. The molecular formula is C23H30N4O. The molecule has 0 saturated heterocycles.